The number of H-pyrrole nitrogens is 1. The summed E-state index contributed by atoms with van der Waals surface area (Å²) in [5.74, 6) is 0. The van der Waals surface area contributed by atoms with Crippen molar-refractivity contribution in [3.63, 3.8) is 0 Å². The number of nitrogens with one attached hydrogen (secondary N) is 1. The zero-order valence-electron chi connectivity index (χ0n) is 8.48. The van der Waals surface area contributed by atoms with Crippen LogP contribution in [0.4, 0.5) is 0 Å². The molecule has 0 saturated heterocycles. The van der Waals surface area contributed by atoms with E-state index in [0.29, 0.717) is 6.54 Å². The molecule has 0 aromatic carbocycles. The Kier molecular flexibility index (Phi) is 4.65. The smallest absolute Gasteiger partial charge is 0.0897 e. The van der Waals surface area contributed by atoms with E-state index in [9.17, 15) is 5.11 Å². The molecule has 0 bridgehead atoms. The third-order valence-corrected chi connectivity index (χ3v) is 2.16. The molecule has 0 radical (unpaired) electrons. The Labute approximate surface area is 84.2 Å². The lowest BCUT2D eigenvalue weighted by Crippen LogP contribution is -2.32. The number of likely N-dealkylation sites (N-methyl/N-ethyl adjacent to an activating group) is 1. The van der Waals surface area contributed by atoms with E-state index in [2.05, 4.69) is 4.98 Å². The first-order valence-corrected chi connectivity index (χ1v) is 4.82. The minimum atomic E-state index is -0.636. The number of aliphatic hydroxyl groups excluding tert-OH is 2. The lowest BCUT2D eigenvalue weighted by Gasteiger charge is -2.18. The van der Waals surface area contributed by atoms with Crippen LogP contribution in [0.15, 0.2) is 18.3 Å². The Balaban J connectivity index is 2.18. The van der Waals surface area contributed by atoms with Gasteiger partial charge in [-0.05, 0) is 19.2 Å². The van der Waals surface area contributed by atoms with Crippen LogP contribution in [0.3, 0.4) is 0 Å². The number of hydrogen-bond donors (Lipinski definition) is 3. The van der Waals surface area contributed by atoms with E-state index in [4.69, 9.17) is 5.11 Å². The quantitative estimate of drug-likeness (QED) is 0.595. The summed E-state index contributed by atoms with van der Waals surface area (Å²) < 4.78 is 0. The van der Waals surface area contributed by atoms with Crippen LogP contribution in [0, 0.1) is 0 Å². The maximum Gasteiger partial charge on any atom is 0.0897 e. The minimum absolute atomic E-state index is 0.174. The molecule has 3 N–H and O–H groups in total. The van der Waals surface area contributed by atoms with Crippen LogP contribution in [0.25, 0.3) is 0 Å². The maximum atomic E-state index is 9.19. The van der Waals surface area contributed by atoms with Gasteiger partial charge in [-0.15, -0.1) is 0 Å². The van der Waals surface area contributed by atoms with Gasteiger partial charge in [-0.2, -0.15) is 0 Å². The Morgan fingerprint density at radius 3 is 2.93 bits per heavy atom. The van der Waals surface area contributed by atoms with Crippen LogP contribution in [-0.2, 0) is 6.42 Å². The fourth-order valence-electron chi connectivity index (χ4n) is 1.34. The molecule has 1 atom stereocenters. The summed E-state index contributed by atoms with van der Waals surface area (Å²) in [5, 5.41) is 17.8. The summed E-state index contributed by atoms with van der Waals surface area (Å²) >= 11 is 0. The standard InChI is InChI=1S/C10H18N2O2/c1-12(7-10(14)8-13)6-4-9-3-2-5-11-9/h2-3,5,10-11,13-14H,4,6-8H2,1H3. The third-order valence-electron chi connectivity index (χ3n) is 2.16. The Hall–Kier alpha value is -0.840. The van der Waals surface area contributed by atoms with Gasteiger partial charge in [0.2, 0.25) is 0 Å². The molecule has 0 aliphatic rings. The van der Waals surface area contributed by atoms with Crippen molar-refractivity contribution in [1.82, 2.24) is 9.88 Å². The summed E-state index contributed by atoms with van der Waals surface area (Å²) in [6.07, 6.45) is 2.20. The number of hydrogen-bond acceptors (Lipinski definition) is 3. The Morgan fingerprint density at radius 1 is 1.57 bits per heavy atom. The monoisotopic (exact) mass is 198 g/mol. The molecule has 1 unspecified atom stereocenters. The molecule has 0 aliphatic carbocycles. The average molecular weight is 198 g/mol. The fourth-order valence-corrected chi connectivity index (χ4v) is 1.34. The van der Waals surface area contributed by atoms with Gasteiger partial charge in [-0.3, -0.25) is 0 Å². The van der Waals surface area contributed by atoms with Gasteiger partial charge in [-0.25, -0.2) is 0 Å². The van der Waals surface area contributed by atoms with E-state index >= 15 is 0 Å². The van der Waals surface area contributed by atoms with E-state index < -0.39 is 6.10 Å². The molecule has 80 valence electrons. The van der Waals surface area contributed by atoms with Crippen LogP contribution >= 0.6 is 0 Å². The van der Waals surface area contributed by atoms with Gasteiger partial charge in [0.15, 0.2) is 0 Å². The first-order chi connectivity index (χ1) is 6.72. The summed E-state index contributed by atoms with van der Waals surface area (Å²) in [4.78, 5) is 5.12. The molecule has 4 nitrogen and oxygen atoms in total. The molecule has 4 heteroatoms. The third kappa shape index (κ3) is 3.91. The van der Waals surface area contributed by atoms with Gasteiger partial charge in [0.25, 0.3) is 0 Å². The fraction of sp³-hybridized carbons (Fsp3) is 0.600. The van der Waals surface area contributed by atoms with E-state index in [-0.39, 0.29) is 6.61 Å². The van der Waals surface area contributed by atoms with Gasteiger partial charge in [0.05, 0.1) is 12.7 Å². The number of nitrogens with zero attached hydrogens (tertiary/aromatic N) is 1. The van der Waals surface area contributed by atoms with Crippen LogP contribution in [0.2, 0.25) is 0 Å². The molecule has 1 rings (SSSR count). The SMILES string of the molecule is CN(CCc1ccc[nH]1)CC(O)CO. The highest BCUT2D eigenvalue weighted by Gasteiger charge is 2.06. The van der Waals surface area contributed by atoms with Crippen LogP contribution in [0.1, 0.15) is 5.69 Å². The summed E-state index contributed by atoms with van der Waals surface area (Å²) in [6, 6.07) is 4.01. The zero-order chi connectivity index (χ0) is 10.4. The molecule has 0 fully saturated rings. The van der Waals surface area contributed by atoms with Crippen molar-refractivity contribution in [2.75, 3.05) is 26.7 Å². The van der Waals surface area contributed by atoms with E-state index in [0.717, 1.165) is 13.0 Å². The Bertz CT molecular complexity index is 236. The molecule has 0 spiro atoms. The van der Waals surface area contributed by atoms with Gasteiger partial charge in [0, 0.05) is 31.4 Å². The van der Waals surface area contributed by atoms with Crippen molar-refractivity contribution in [1.29, 1.82) is 0 Å². The highest BCUT2D eigenvalue weighted by atomic mass is 16.3. The van der Waals surface area contributed by atoms with Crippen molar-refractivity contribution in [2.24, 2.45) is 0 Å². The molecular weight excluding hydrogens is 180 g/mol. The lowest BCUT2D eigenvalue weighted by molar-refractivity contribution is 0.0669. The van der Waals surface area contributed by atoms with Crippen molar-refractivity contribution in [3.8, 4) is 0 Å². The van der Waals surface area contributed by atoms with E-state index in [1.807, 2.05) is 30.3 Å². The largest absolute Gasteiger partial charge is 0.394 e. The average Bonchev–Trinajstić information content (AvgIpc) is 2.67. The van der Waals surface area contributed by atoms with E-state index in [1.54, 1.807) is 0 Å². The van der Waals surface area contributed by atoms with Crippen LogP contribution < -0.4 is 0 Å². The lowest BCUT2D eigenvalue weighted by atomic mass is 10.3. The van der Waals surface area contributed by atoms with Crippen LogP contribution in [-0.4, -0.2) is 52.9 Å². The topological polar surface area (TPSA) is 59.5 Å². The molecule has 1 aromatic heterocycles. The molecule has 1 aromatic rings. The predicted octanol–water partition coefficient (Wildman–Crippen LogP) is -0.158. The second kappa shape index (κ2) is 5.80. The molecular formula is C10H18N2O2. The molecule has 1 heterocycles. The van der Waals surface area contributed by atoms with Gasteiger partial charge >= 0.3 is 0 Å². The molecule has 0 aliphatic heterocycles. The molecule has 14 heavy (non-hydrogen) atoms. The predicted molar refractivity (Wildman–Crippen MR) is 55.1 cm³/mol. The number of rotatable bonds is 6. The number of aromatic amines is 1. The molecule has 0 amide bonds. The minimum Gasteiger partial charge on any atom is -0.394 e. The summed E-state index contributed by atoms with van der Waals surface area (Å²) in [5.41, 5.74) is 1.19. The summed E-state index contributed by atoms with van der Waals surface area (Å²) in [6.45, 7) is 1.21. The Morgan fingerprint density at radius 2 is 2.36 bits per heavy atom. The van der Waals surface area contributed by atoms with Crippen molar-refractivity contribution < 1.29 is 10.2 Å². The van der Waals surface area contributed by atoms with Gasteiger partial charge < -0.3 is 20.1 Å². The van der Waals surface area contributed by atoms with E-state index in [1.165, 1.54) is 5.69 Å². The number of aromatic nitrogens is 1. The normalized spacial score (nSPS) is 13.4. The summed E-state index contributed by atoms with van der Waals surface area (Å²) in [7, 11) is 1.93. The first kappa shape index (κ1) is 11.2. The number of aliphatic hydroxyl groups is 2. The van der Waals surface area contributed by atoms with Crippen molar-refractivity contribution >= 4 is 0 Å². The van der Waals surface area contributed by atoms with Crippen molar-refractivity contribution in [3.05, 3.63) is 24.0 Å². The van der Waals surface area contributed by atoms with Gasteiger partial charge in [-0.1, -0.05) is 0 Å². The van der Waals surface area contributed by atoms with Gasteiger partial charge in [0.1, 0.15) is 0 Å². The second-order valence-electron chi connectivity index (χ2n) is 3.54. The second-order valence-corrected chi connectivity index (χ2v) is 3.54. The first-order valence-electron chi connectivity index (χ1n) is 4.82. The molecule has 0 saturated carbocycles. The highest BCUT2D eigenvalue weighted by molar-refractivity contribution is 5.03. The zero-order valence-corrected chi connectivity index (χ0v) is 8.48. The maximum absolute atomic E-state index is 9.19. The highest BCUT2D eigenvalue weighted by Crippen LogP contribution is 1.97. The van der Waals surface area contributed by atoms with Crippen molar-refractivity contribution in [2.45, 2.75) is 12.5 Å². The van der Waals surface area contributed by atoms with Crippen LogP contribution in [0.5, 0.6) is 0 Å².